The molecule has 0 saturated carbocycles. The number of aromatic nitrogens is 3. The Morgan fingerprint density at radius 2 is 2.15 bits per heavy atom. The van der Waals surface area contributed by atoms with Crippen molar-refractivity contribution < 1.29 is 4.74 Å². The number of nitrogens with zero attached hydrogens (tertiary/aromatic N) is 4. The summed E-state index contributed by atoms with van der Waals surface area (Å²) in [4.78, 5) is 2.33. The summed E-state index contributed by atoms with van der Waals surface area (Å²) in [6.45, 7) is 5.32. The number of halogens is 1. The van der Waals surface area contributed by atoms with Gasteiger partial charge in [0.05, 0.1) is 13.2 Å². The molecular weight excluding hydrogens is 320 g/mol. The standard InChI is InChI=1S/C14H17BrN4O/c1-10-16-17-14-8-18(5-6-19(10)14)12-3-4-13(15)11(7-12)9-20-2/h3-4,7H,5-6,8-9H2,1-2H3. The SMILES string of the molecule is COCc1cc(N2CCn3c(C)nnc3C2)ccc1Br. The average Bonchev–Trinajstić information content (AvgIpc) is 2.83. The Morgan fingerprint density at radius 3 is 2.95 bits per heavy atom. The van der Waals surface area contributed by atoms with Crippen LogP contribution in [0.1, 0.15) is 17.2 Å². The predicted octanol–water partition coefficient (Wildman–Crippen LogP) is 2.52. The first-order chi connectivity index (χ1) is 9.69. The zero-order valence-corrected chi connectivity index (χ0v) is 13.2. The summed E-state index contributed by atoms with van der Waals surface area (Å²) in [5.41, 5.74) is 2.36. The van der Waals surface area contributed by atoms with E-state index in [9.17, 15) is 0 Å². The summed E-state index contributed by atoms with van der Waals surface area (Å²) in [7, 11) is 1.71. The maximum absolute atomic E-state index is 5.24. The Kier molecular flexibility index (Phi) is 3.76. The second-order valence-electron chi connectivity index (χ2n) is 4.95. The monoisotopic (exact) mass is 336 g/mol. The lowest BCUT2D eigenvalue weighted by Crippen LogP contribution is -2.34. The smallest absolute Gasteiger partial charge is 0.152 e. The van der Waals surface area contributed by atoms with Gasteiger partial charge < -0.3 is 14.2 Å². The number of aryl methyl sites for hydroxylation is 1. The first kappa shape index (κ1) is 13.6. The minimum absolute atomic E-state index is 0.609. The highest BCUT2D eigenvalue weighted by Gasteiger charge is 2.20. The zero-order valence-electron chi connectivity index (χ0n) is 11.6. The van der Waals surface area contributed by atoms with Gasteiger partial charge >= 0.3 is 0 Å². The van der Waals surface area contributed by atoms with E-state index in [1.54, 1.807) is 7.11 Å². The highest BCUT2D eigenvalue weighted by molar-refractivity contribution is 9.10. The molecule has 0 fully saturated rings. The molecule has 0 unspecified atom stereocenters. The fourth-order valence-electron chi connectivity index (χ4n) is 2.55. The molecule has 2 heterocycles. The van der Waals surface area contributed by atoms with Gasteiger partial charge in [0.15, 0.2) is 5.82 Å². The number of hydrogen-bond donors (Lipinski definition) is 0. The highest BCUT2D eigenvalue weighted by Crippen LogP contribution is 2.26. The molecule has 0 atom stereocenters. The van der Waals surface area contributed by atoms with Gasteiger partial charge in [-0.2, -0.15) is 0 Å². The lowest BCUT2D eigenvalue weighted by molar-refractivity contribution is 0.184. The summed E-state index contributed by atoms with van der Waals surface area (Å²) in [5, 5.41) is 8.39. The third-order valence-electron chi connectivity index (χ3n) is 3.63. The fourth-order valence-corrected chi connectivity index (χ4v) is 2.91. The van der Waals surface area contributed by atoms with Gasteiger partial charge in [-0.15, -0.1) is 10.2 Å². The van der Waals surface area contributed by atoms with Crippen LogP contribution in [0.4, 0.5) is 5.69 Å². The lowest BCUT2D eigenvalue weighted by atomic mass is 10.2. The van der Waals surface area contributed by atoms with E-state index in [-0.39, 0.29) is 0 Å². The third kappa shape index (κ3) is 2.45. The van der Waals surface area contributed by atoms with Crippen molar-refractivity contribution in [2.24, 2.45) is 0 Å². The van der Waals surface area contributed by atoms with Gasteiger partial charge in [-0.3, -0.25) is 0 Å². The Bertz CT molecular complexity index is 626. The number of benzene rings is 1. The van der Waals surface area contributed by atoms with Gasteiger partial charge in [-0.25, -0.2) is 0 Å². The van der Waals surface area contributed by atoms with E-state index in [4.69, 9.17) is 4.74 Å². The molecule has 0 aliphatic carbocycles. The second kappa shape index (κ2) is 5.54. The van der Waals surface area contributed by atoms with Crippen molar-refractivity contribution in [2.45, 2.75) is 26.6 Å². The molecule has 1 aromatic carbocycles. The Labute approximate surface area is 126 Å². The number of fused-ring (bicyclic) bond motifs is 1. The summed E-state index contributed by atoms with van der Waals surface area (Å²) < 4.78 is 8.50. The van der Waals surface area contributed by atoms with Crippen molar-refractivity contribution in [3.05, 3.63) is 39.9 Å². The normalized spacial score (nSPS) is 14.4. The van der Waals surface area contributed by atoms with Gasteiger partial charge in [0.1, 0.15) is 5.82 Å². The Morgan fingerprint density at radius 1 is 1.30 bits per heavy atom. The average molecular weight is 337 g/mol. The highest BCUT2D eigenvalue weighted by atomic mass is 79.9. The molecule has 3 rings (SSSR count). The van der Waals surface area contributed by atoms with E-state index in [0.29, 0.717) is 6.61 Å². The molecule has 6 heteroatoms. The molecule has 0 radical (unpaired) electrons. The first-order valence-electron chi connectivity index (χ1n) is 6.60. The molecule has 1 aliphatic heterocycles. The molecule has 1 aromatic heterocycles. The molecular formula is C14H17BrN4O. The largest absolute Gasteiger partial charge is 0.380 e. The molecule has 0 bridgehead atoms. The number of rotatable bonds is 3. The van der Waals surface area contributed by atoms with Crippen molar-refractivity contribution in [3.8, 4) is 0 Å². The van der Waals surface area contributed by atoms with Crippen LogP contribution in [0.5, 0.6) is 0 Å². The van der Waals surface area contributed by atoms with E-state index >= 15 is 0 Å². The molecule has 20 heavy (non-hydrogen) atoms. The van der Waals surface area contributed by atoms with Crippen LogP contribution in [0.25, 0.3) is 0 Å². The topological polar surface area (TPSA) is 43.2 Å². The number of anilines is 1. The lowest BCUT2D eigenvalue weighted by Gasteiger charge is -2.30. The predicted molar refractivity (Wildman–Crippen MR) is 80.7 cm³/mol. The molecule has 0 amide bonds. The van der Waals surface area contributed by atoms with Gasteiger partial charge in [0.25, 0.3) is 0 Å². The van der Waals surface area contributed by atoms with E-state index < -0.39 is 0 Å². The van der Waals surface area contributed by atoms with Gasteiger partial charge in [-0.05, 0) is 30.7 Å². The quantitative estimate of drug-likeness (QED) is 0.863. The first-order valence-corrected chi connectivity index (χ1v) is 7.39. The van der Waals surface area contributed by atoms with Gasteiger partial charge in [0.2, 0.25) is 0 Å². The van der Waals surface area contributed by atoms with Crippen LogP contribution in [0, 0.1) is 6.92 Å². The Hall–Kier alpha value is -1.40. The zero-order chi connectivity index (χ0) is 14.1. The van der Waals surface area contributed by atoms with E-state index in [2.05, 4.69) is 53.8 Å². The van der Waals surface area contributed by atoms with Crippen LogP contribution in [0.15, 0.2) is 22.7 Å². The van der Waals surface area contributed by atoms with Crippen molar-refractivity contribution in [2.75, 3.05) is 18.6 Å². The molecule has 0 saturated heterocycles. The molecule has 2 aromatic rings. The number of ether oxygens (including phenoxy) is 1. The van der Waals surface area contributed by atoms with Crippen LogP contribution in [0.3, 0.4) is 0 Å². The van der Waals surface area contributed by atoms with E-state index in [1.165, 1.54) is 5.69 Å². The van der Waals surface area contributed by atoms with Crippen LogP contribution in [0.2, 0.25) is 0 Å². The fraction of sp³-hybridized carbons (Fsp3) is 0.429. The van der Waals surface area contributed by atoms with Gasteiger partial charge in [0, 0.05) is 30.4 Å². The number of methoxy groups -OCH3 is 1. The van der Waals surface area contributed by atoms with Crippen LogP contribution < -0.4 is 4.90 Å². The maximum atomic E-state index is 5.24. The summed E-state index contributed by atoms with van der Waals surface area (Å²) in [6.07, 6.45) is 0. The van der Waals surface area contributed by atoms with Crippen molar-refractivity contribution >= 4 is 21.6 Å². The summed E-state index contributed by atoms with van der Waals surface area (Å²) in [6, 6.07) is 6.38. The third-order valence-corrected chi connectivity index (χ3v) is 4.41. The second-order valence-corrected chi connectivity index (χ2v) is 5.80. The van der Waals surface area contributed by atoms with Crippen molar-refractivity contribution in [1.82, 2.24) is 14.8 Å². The molecule has 5 nitrogen and oxygen atoms in total. The van der Waals surface area contributed by atoms with Crippen molar-refractivity contribution in [1.29, 1.82) is 0 Å². The molecule has 0 N–H and O–H groups in total. The Balaban J connectivity index is 1.86. The summed E-state index contributed by atoms with van der Waals surface area (Å²) in [5.74, 6) is 2.03. The van der Waals surface area contributed by atoms with Gasteiger partial charge in [-0.1, -0.05) is 15.9 Å². The van der Waals surface area contributed by atoms with Crippen LogP contribution >= 0.6 is 15.9 Å². The number of hydrogen-bond acceptors (Lipinski definition) is 4. The minimum Gasteiger partial charge on any atom is -0.380 e. The van der Waals surface area contributed by atoms with E-state index in [1.807, 2.05) is 6.92 Å². The molecule has 106 valence electrons. The summed E-state index contributed by atoms with van der Waals surface area (Å²) >= 11 is 3.56. The van der Waals surface area contributed by atoms with E-state index in [0.717, 1.165) is 41.3 Å². The molecule has 0 spiro atoms. The molecule has 1 aliphatic rings. The minimum atomic E-state index is 0.609. The van der Waals surface area contributed by atoms with Crippen LogP contribution in [-0.4, -0.2) is 28.4 Å². The van der Waals surface area contributed by atoms with Crippen molar-refractivity contribution in [3.63, 3.8) is 0 Å². The van der Waals surface area contributed by atoms with Crippen LogP contribution in [-0.2, 0) is 24.4 Å². The maximum Gasteiger partial charge on any atom is 0.152 e.